The Morgan fingerprint density at radius 2 is 1.94 bits per heavy atom. The predicted octanol–water partition coefficient (Wildman–Crippen LogP) is 3.69. The lowest BCUT2D eigenvalue weighted by Gasteiger charge is -2.26. The van der Waals surface area contributed by atoms with Gasteiger partial charge in [-0.3, -0.25) is 24.6 Å². The molecule has 0 N–H and O–H groups in total. The highest BCUT2D eigenvalue weighted by Gasteiger charge is 2.32. The smallest absolute Gasteiger partial charge is 0.269 e. The number of nitro benzene ring substituents is 1. The Kier molecular flexibility index (Phi) is 6.85. The van der Waals surface area contributed by atoms with Crippen LogP contribution >= 0.6 is 11.8 Å². The minimum atomic E-state index is -0.464. The van der Waals surface area contributed by atoms with E-state index >= 15 is 0 Å². The quantitative estimate of drug-likeness (QED) is 0.378. The average molecular weight is 467 g/mol. The second-order valence-electron chi connectivity index (χ2n) is 7.36. The van der Waals surface area contributed by atoms with Crippen molar-refractivity contribution in [3.63, 3.8) is 0 Å². The van der Waals surface area contributed by atoms with E-state index in [1.54, 1.807) is 52.3 Å². The van der Waals surface area contributed by atoms with Crippen molar-refractivity contribution in [3.8, 4) is 0 Å². The van der Waals surface area contributed by atoms with Crippen LogP contribution < -0.4 is 0 Å². The number of likely N-dealkylation sites (N-methyl/N-ethyl adjacent to an activating group) is 1. The van der Waals surface area contributed by atoms with Gasteiger partial charge in [0.15, 0.2) is 5.17 Å². The predicted molar refractivity (Wildman–Crippen MR) is 126 cm³/mol. The number of hydrogen-bond donors (Lipinski definition) is 0. The summed E-state index contributed by atoms with van der Waals surface area (Å²) in [5.74, 6) is -0.248. The number of hydrogen-bond acceptors (Lipinski definition) is 7. The number of aliphatic imine (C=N–C) groups is 1. The molecule has 2 heterocycles. The summed E-state index contributed by atoms with van der Waals surface area (Å²) < 4.78 is 5.31. The van der Waals surface area contributed by atoms with E-state index < -0.39 is 4.92 Å². The highest BCUT2D eigenvalue weighted by Crippen LogP contribution is 2.34. The third kappa shape index (κ3) is 5.12. The van der Waals surface area contributed by atoms with Crippen molar-refractivity contribution in [3.05, 3.63) is 74.7 Å². The Morgan fingerprint density at radius 1 is 1.21 bits per heavy atom. The normalized spacial score (nSPS) is 18.9. The van der Waals surface area contributed by atoms with Gasteiger partial charge < -0.3 is 9.64 Å². The van der Waals surface area contributed by atoms with Crippen LogP contribution in [-0.2, 0) is 9.53 Å². The summed E-state index contributed by atoms with van der Waals surface area (Å²) in [7, 11) is 0. The van der Waals surface area contributed by atoms with Gasteiger partial charge in [-0.2, -0.15) is 0 Å². The topological polar surface area (TPSA) is 105 Å². The van der Waals surface area contributed by atoms with E-state index in [1.807, 2.05) is 6.92 Å². The van der Waals surface area contributed by atoms with Crippen molar-refractivity contribution in [1.29, 1.82) is 0 Å². The van der Waals surface area contributed by atoms with Crippen LogP contribution in [0.3, 0.4) is 0 Å². The zero-order valence-electron chi connectivity index (χ0n) is 18.0. The van der Waals surface area contributed by atoms with Crippen molar-refractivity contribution >= 4 is 46.2 Å². The molecule has 2 saturated heterocycles. The number of non-ortho nitro benzene ring substituents is 1. The number of carbonyl (C=O) groups is 2. The number of amides is 2. The second kappa shape index (κ2) is 9.97. The van der Waals surface area contributed by atoms with Crippen molar-refractivity contribution in [2.45, 2.75) is 6.92 Å². The maximum Gasteiger partial charge on any atom is 0.269 e. The van der Waals surface area contributed by atoms with E-state index in [0.29, 0.717) is 59.7 Å². The number of morpholine rings is 1. The number of thioether (sulfide) groups is 1. The first-order chi connectivity index (χ1) is 16.0. The van der Waals surface area contributed by atoms with Crippen molar-refractivity contribution in [1.82, 2.24) is 9.80 Å². The number of carbonyl (C=O) groups excluding carboxylic acids is 2. The molecule has 10 heteroatoms. The van der Waals surface area contributed by atoms with E-state index in [0.717, 1.165) is 0 Å². The summed E-state index contributed by atoms with van der Waals surface area (Å²) in [6.07, 6.45) is 1.69. The molecule has 33 heavy (non-hydrogen) atoms. The Labute approximate surface area is 194 Å². The molecule has 0 aliphatic carbocycles. The zero-order valence-corrected chi connectivity index (χ0v) is 18.8. The third-order valence-corrected chi connectivity index (χ3v) is 6.23. The summed E-state index contributed by atoms with van der Waals surface area (Å²) in [5, 5.41) is 11.4. The van der Waals surface area contributed by atoms with Crippen LogP contribution in [0, 0.1) is 10.1 Å². The van der Waals surface area contributed by atoms with Crippen LogP contribution in [0.4, 0.5) is 11.4 Å². The van der Waals surface area contributed by atoms with Gasteiger partial charge in [-0.05, 0) is 60.7 Å². The Balaban J connectivity index is 1.57. The number of ether oxygens (including phenoxy) is 1. The molecule has 0 bridgehead atoms. The van der Waals surface area contributed by atoms with E-state index in [1.165, 1.54) is 23.9 Å². The van der Waals surface area contributed by atoms with Crippen LogP contribution in [0.2, 0.25) is 0 Å². The molecule has 2 fully saturated rings. The Hall–Kier alpha value is -3.50. The average Bonchev–Trinajstić information content (AvgIpc) is 3.13. The van der Waals surface area contributed by atoms with Crippen molar-refractivity contribution in [2.24, 2.45) is 4.99 Å². The van der Waals surface area contributed by atoms with Gasteiger partial charge in [0.1, 0.15) is 0 Å². The highest BCUT2D eigenvalue weighted by molar-refractivity contribution is 8.18. The van der Waals surface area contributed by atoms with E-state index in [9.17, 15) is 19.7 Å². The number of rotatable bonds is 5. The van der Waals surface area contributed by atoms with Crippen LogP contribution in [0.1, 0.15) is 22.8 Å². The molecular formula is C23H22N4O5S. The number of nitrogens with zero attached hydrogens (tertiary/aromatic N) is 4. The molecule has 0 radical (unpaired) electrons. The molecule has 0 aromatic heterocycles. The minimum Gasteiger partial charge on any atom is -0.378 e. The maximum absolute atomic E-state index is 12.9. The third-order valence-electron chi connectivity index (χ3n) is 5.22. The largest absolute Gasteiger partial charge is 0.378 e. The first-order valence-corrected chi connectivity index (χ1v) is 11.3. The lowest BCUT2D eigenvalue weighted by atomic mass is 10.1. The fourth-order valence-electron chi connectivity index (χ4n) is 3.48. The zero-order chi connectivity index (χ0) is 23.4. The van der Waals surface area contributed by atoms with Crippen LogP contribution in [0.5, 0.6) is 0 Å². The van der Waals surface area contributed by atoms with Crippen LogP contribution in [0.15, 0.2) is 58.4 Å². The van der Waals surface area contributed by atoms with E-state index in [-0.39, 0.29) is 17.5 Å². The molecule has 0 saturated carbocycles. The SMILES string of the molecule is CCN1C(=O)/C(=C\c2ccc([N+](=O)[O-])cc2)SC1=Nc1cccc(C(=O)N2CCOCC2)c1. The summed E-state index contributed by atoms with van der Waals surface area (Å²) in [5.41, 5.74) is 1.80. The summed E-state index contributed by atoms with van der Waals surface area (Å²) in [6.45, 7) is 4.48. The number of benzene rings is 2. The van der Waals surface area contributed by atoms with Crippen molar-refractivity contribution < 1.29 is 19.2 Å². The molecule has 2 aromatic rings. The summed E-state index contributed by atoms with van der Waals surface area (Å²) in [4.78, 5) is 44.5. The second-order valence-corrected chi connectivity index (χ2v) is 8.37. The maximum atomic E-state index is 12.9. The molecule has 4 rings (SSSR count). The highest BCUT2D eigenvalue weighted by atomic mass is 32.2. The standard InChI is InChI=1S/C23H22N4O5S/c1-2-26-22(29)20(14-16-6-8-19(9-7-16)27(30)31)33-23(26)24-18-5-3-4-17(15-18)21(28)25-10-12-32-13-11-25/h3-9,14-15H,2,10-13H2,1H3/b20-14+,24-23?. The molecule has 2 amide bonds. The summed E-state index contributed by atoms with van der Waals surface area (Å²) in [6, 6.07) is 13.1. The van der Waals surface area contributed by atoms with Crippen LogP contribution in [-0.4, -0.2) is 64.6 Å². The van der Waals surface area contributed by atoms with Gasteiger partial charge in [0.05, 0.1) is 28.7 Å². The van der Waals surface area contributed by atoms with Crippen LogP contribution in [0.25, 0.3) is 6.08 Å². The molecule has 0 unspecified atom stereocenters. The van der Waals surface area contributed by atoms with Gasteiger partial charge in [-0.25, -0.2) is 4.99 Å². The Bertz CT molecular complexity index is 1140. The fourth-order valence-corrected chi connectivity index (χ4v) is 4.54. The van der Waals surface area contributed by atoms with Gasteiger partial charge in [0.25, 0.3) is 17.5 Å². The molecular weight excluding hydrogens is 444 g/mol. The van der Waals surface area contributed by atoms with Gasteiger partial charge in [-0.1, -0.05) is 6.07 Å². The first-order valence-electron chi connectivity index (χ1n) is 10.5. The molecule has 2 aromatic carbocycles. The summed E-state index contributed by atoms with van der Waals surface area (Å²) >= 11 is 1.24. The van der Waals surface area contributed by atoms with E-state index in [2.05, 4.69) is 4.99 Å². The van der Waals surface area contributed by atoms with Gasteiger partial charge >= 0.3 is 0 Å². The molecule has 2 aliphatic rings. The number of amidine groups is 1. The van der Waals surface area contributed by atoms with Gasteiger partial charge in [0, 0.05) is 37.3 Å². The monoisotopic (exact) mass is 466 g/mol. The molecule has 0 atom stereocenters. The molecule has 2 aliphatic heterocycles. The first kappa shape index (κ1) is 22.7. The van der Waals surface area contributed by atoms with Crippen molar-refractivity contribution in [2.75, 3.05) is 32.8 Å². The molecule has 170 valence electrons. The minimum absolute atomic E-state index is 0.00787. The molecule has 0 spiro atoms. The Morgan fingerprint density at radius 3 is 2.61 bits per heavy atom. The fraction of sp³-hybridized carbons (Fsp3) is 0.261. The van der Waals surface area contributed by atoms with E-state index in [4.69, 9.17) is 4.74 Å². The lowest BCUT2D eigenvalue weighted by molar-refractivity contribution is -0.384. The van der Waals surface area contributed by atoms with Gasteiger partial charge in [0.2, 0.25) is 0 Å². The van der Waals surface area contributed by atoms with Gasteiger partial charge in [-0.15, -0.1) is 0 Å². The lowest BCUT2D eigenvalue weighted by Crippen LogP contribution is -2.40. The molecule has 9 nitrogen and oxygen atoms in total. The number of nitro groups is 1.